The van der Waals surface area contributed by atoms with Crippen LogP contribution in [0.1, 0.15) is 5.69 Å². The second-order valence-corrected chi connectivity index (χ2v) is 4.31. The number of rotatable bonds is 3. The summed E-state index contributed by atoms with van der Waals surface area (Å²) in [5.74, 6) is 0.850. The van der Waals surface area contributed by atoms with E-state index in [1.807, 2.05) is 42.5 Å². The summed E-state index contributed by atoms with van der Waals surface area (Å²) in [6.07, 6.45) is 3.57. The second kappa shape index (κ2) is 4.94. The van der Waals surface area contributed by atoms with Crippen molar-refractivity contribution in [2.24, 2.45) is 0 Å². The van der Waals surface area contributed by atoms with E-state index in [0.717, 1.165) is 28.0 Å². The highest BCUT2D eigenvalue weighted by molar-refractivity contribution is 5.93. The number of hydrogen-bond donors (Lipinski definition) is 2. The largest absolute Gasteiger partial charge is 0.399 e. The number of nitrogens with one attached hydrogen (secondary N) is 1. The van der Waals surface area contributed by atoms with Gasteiger partial charge in [-0.05, 0) is 41.8 Å². The van der Waals surface area contributed by atoms with Gasteiger partial charge < -0.3 is 11.1 Å². The summed E-state index contributed by atoms with van der Waals surface area (Å²) >= 11 is 0. The first kappa shape index (κ1) is 11.5. The highest BCUT2D eigenvalue weighted by atomic mass is 15.0. The van der Waals surface area contributed by atoms with Crippen molar-refractivity contribution in [2.75, 3.05) is 11.1 Å². The van der Waals surface area contributed by atoms with Gasteiger partial charge in [0, 0.05) is 23.5 Å². The van der Waals surface area contributed by atoms with Crippen molar-refractivity contribution in [1.29, 1.82) is 0 Å². The van der Waals surface area contributed by atoms with Crippen molar-refractivity contribution >= 4 is 22.3 Å². The van der Waals surface area contributed by atoms with E-state index in [9.17, 15) is 0 Å². The molecule has 94 valence electrons. The highest BCUT2D eigenvalue weighted by Crippen LogP contribution is 2.23. The summed E-state index contributed by atoms with van der Waals surface area (Å²) in [6.45, 7) is 0.650. The molecule has 0 spiro atoms. The Kier molecular flexibility index (Phi) is 2.98. The molecule has 0 amide bonds. The Morgan fingerprint density at radius 2 is 1.95 bits per heavy atom. The predicted octanol–water partition coefficient (Wildman–Crippen LogP) is 2.82. The third-order valence-corrected chi connectivity index (χ3v) is 2.95. The summed E-state index contributed by atoms with van der Waals surface area (Å²) in [7, 11) is 0. The van der Waals surface area contributed by atoms with Crippen LogP contribution in [-0.2, 0) is 6.54 Å². The van der Waals surface area contributed by atoms with Gasteiger partial charge in [0.05, 0.1) is 12.2 Å². The lowest BCUT2D eigenvalue weighted by Crippen LogP contribution is -2.03. The zero-order chi connectivity index (χ0) is 13.1. The molecule has 0 saturated carbocycles. The van der Waals surface area contributed by atoms with E-state index in [1.165, 1.54) is 0 Å². The lowest BCUT2D eigenvalue weighted by Gasteiger charge is -2.08. The molecule has 0 aliphatic rings. The minimum Gasteiger partial charge on any atom is -0.399 e. The maximum atomic E-state index is 5.79. The molecule has 0 saturated heterocycles. The van der Waals surface area contributed by atoms with Crippen LogP contribution in [0, 0.1) is 0 Å². The molecule has 2 aromatic heterocycles. The van der Waals surface area contributed by atoms with E-state index in [1.54, 1.807) is 12.4 Å². The monoisotopic (exact) mass is 250 g/mol. The molecule has 0 atom stereocenters. The van der Waals surface area contributed by atoms with Gasteiger partial charge in [-0.3, -0.25) is 4.98 Å². The second-order valence-electron chi connectivity index (χ2n) is 4.31. The summed E-state index contributed by atoms with van der Waals surface area (Å²) in [5.41, 5.74) is 7.53. The van der Waals surface area contributed by atoms with Crippen molar-refractivity contribution in [1.82, 2.24) is 9.97 Å². The van der Waals surface area contributed by atoms with Gasteiger partial charge in [0.2, 0.25) is 0 Å². The number of nitrogens with zero attached hydrogens (tertiary/aromatic N) is 2. The van der Waals surface area contributed by atoms with Gasteiger partial charge in [0.15, 0.2) is 0 Å². The Balaban J connectivity index is 1.89. The number of hydrogen-bond acceptors (Lipinski definition) is 4. The smallest absolute Gasteiger partial charge is 0.134 e. The number of pyridine rings is 2. The minimum atomic E-state index is 0.650. The number of benzene rings is 1. The van der Waals surface area contributed by atoms with Crippen LogP contribution in [0.5, 0.6) is 0 Å². The average Bonchev–Trinajstić information content (AvgIpc) is 2.45. The van der Waals surface area contributed by atoms with Gasteiger partial charge in [-0.15, -0.1) is 0 Å². The molecule has 3 aromatic rings. The summed E-state index contributed by atoms with van der Waals surface area (Å²) < 4.78 is 0. The summed E-state index contributed by atoms with van der Waals surface area (Å²) in [5, 5.41) is 5.45. The van der Waals surface area contributed by atoms with E-state index >= 15 is 0 Å². The molecule has 0 radical (unpaired) electrons. The molecule has 4 nitrogen and oxygen atoms in total. The molecule has 3 N–H and O–H groups in total. The number of nitrogens with two attached hydrogens (primary N) is 1. The molecule has 0 aliphatic heterocycles. The Hall–Kier alpha value is -2.62. The maximum absolute atomic E-state index is 5.79. The zero-order valence-electron chi connectivity index (χ0n) is 10.4. The van der Waals surface area contributed by atoms with Crippen molar-refractivity contribution in [3.63, 3.8) is 0 Å². The first-order valence-corrected chi connectivity index (χ1v) is 6.11. The van der Waals surface area contributed by atoms with Crippen LogP contribution in [0.3, 0.4) is 0 Å². The van der Waals surface area contributed by atoms with E-state index < -0.39 is 0 Å². The van der Waals surface area contributed by atoms with E-state index in [-0.39, 0.29) is 0 Å². The topological polar surface area (TPSA) is 63.8 Å². The van der Waals surface area contributed by atoms with E-state index in [0.29, 0.717) is 6.54 Å². The fourth-order valence-electron chi connectivity index (χ4n) is 2.01. The molecular formula is C15H14N4. The lowest BCUT2D eigenvalue weighted by atomic mass is 10.1. The lowest BCUT2D eigenvalue weighted by molar-refractivity contribution is 1.03. The normalized spacial score (nSPS) is 10.5. The van der Waals surface area contributed by atoms with Gasteiger partial charge >= 0.3 is 0 Å². The third-order valence-electron chi connectivity index (χ3n) is 2.95. The Bertz CT molecular complexity index is 695. The molecule has 0 bridgehead atoms. The maximum Gasteiger partial charge on any atom is 0.134 e. The minimum absolute atomic E-state index is 0.650. The fraction of sp³-hybridized carbons (Fsp3) is 0.0667. The Labute approximate surface area is 111 Å². The van der Waals surface area contributed by atoms with Crippen molar-refractivity contribution in [2.45, 2.75) is 6.54 Å². The molecule has 0 aliphatic carbocycles. The van der Waals surface area contributed by atoms with Gasteiger partial charge in [-0.2, -0.15) is 0 Å². The number of anilines is 2. The predicted molar refractivity (Wildman–Crippen MR) is 77.7 cm³/mol. The number of aromatic nitrogens is 2. The third kappa shape index (κ3) is 2.47. The van der Waals surface area contributed by atoms with Gasteiger partial charge in [-0.25, -0.2) is 4.98 Å². The first-order valence-electron chi connectivity index (χ1n) is 6.11. The highest BCUT2D eigenvalue weighted by Gasteiger charge is 2.02. The molecule has 0 unspecified atom stereocenters. The van der Waals surface area contributed by atoms with Crippen molar-refractivity contribution in [3.8, 4) is 0 Å². The molecule has 4 heteroatoms. The first-order chi connectivity index (χ1) is 9.33. The molecule has 1 aromatic carbocycles. The summed E-state index contributed by atoms with van der Waals surface area (Å²) in [6, 6.07) is 13.6. The average molecular weight is 250 g/mol. The van der Waals surface area contributed by atoms with Crippen molar-refractivity contribution < 1.29 is 0 Å². The van der Waals surface area contributed by atoms with Crippen LogP contribution in [0.4, 0.5) is 11.5 Å². The van der Waals surface area contributed by atoms with Gasteiger partial charge in [0.1, 0.15) is 5.82 Å². The van der Waals surface area contributed by atoms with Crippen LogP contribution < -0.4 is 11.1 Å². The molecule has 2 heterocycles. The van der Waals surface area contributed by atoms with Crippen LogP contribution in [0.2, 0.25) is 0 Å². The van der Waals surface area contributed by atoms with Crippen LogP contribution >= 0.6 is 0 Å². The quantitative estimate of drug-likeness (QED) is 0.702. The van der Waals surface area contributed by atoms with E-state index in [4.69, 9.17) is 5.73 Å². The SMILES string of the molecule is Nc1ccc2c(NCc3ccccn3)nccc2c1. The molecule has 3 rings (SSSR count). The Morgan fingerprint density at radius 3 is 2.79 bits per heavy atom. The molecule has 0 fully saturated rings. The van der Waals surface area contributed by atoms with Crippen LogP contribution in [-0.4, -0.2) is 9.97 Å². The number of fused-ring (bicyclic) bond motifs is 1. The zero-order valence-corrected chi connectivity index (χ0v) is 10.4. The number of nitrogen functional groups attached to an aromatic ring is 1. The Morgan fingerprint density at radius 1 is 1.00 bits per heavy atom. The fourth-order valence-corrected chi connectivity index (χ4v) is 2.01. The van der Waals surface area contributed by atoms with Crippen molar-refractivity contribution in [3.05, 3.63) is 60.6 Å². The van der Waals surface area contributed by atoms with Crippen LogP contribution in [0.25, 0.3) is 10.8 Å². The van der Waals surface area contributed by atoms with Gasteiger partial charge in [0.25, 0.3) is 0 Å². The molecule has 19 heavy (non-hydrogen) atoms. The van der Waals surface area contributed by atoms with Gasteiger partial charge in [-0.1, -0.05) is 6.07 Å². The standard InChI is InChI=1S/C15H14N4/c16-12-4-5-14-11(9-12)6-8-18-15(14)19-10-13-3-1-2-7-17-13/h1-9H,10,16H2,(H,18,19). The van der Waals surface area contributed by atoms with Crippen LogP contribution in [0.15, 0.2) is 54.9 Å². The molecular weight excluding hydrogens is 236 g/mol. The van der Waals surface area contributed by atoms with E-state index in [2.05, 4.69) is 15.3 Å². The summed E-state index contributed by atoms with van der Waals surface area (Å²) in [4.78, 5) is 8.65.